The van der Waals surface area contributed by atoms with Crippen LogP contribution in [0.15, 0.2) is 4.99 Å². The summed E-state index contributed by atoms with van der Waals surface area (Å²) in [5, 5.41) is 3.56. The molecular weight excluding hydrogens is 280 g/mol. The quantitative estimate of drug-likeness (QED) is 0.622. The Morgan fingerprint density at radius 1 is 1.29 bits per heavy atom. The molecule has 2 aliphatic heterocycles. The summed E-state index contributed by atoms with van der Waals surface area (Å²) in [6, 6.07) is 0. The summed E-state index contributed by atoms with van der Waals surface area (Å²) in [6.45, 7) is 11.7. The van der Waals surface area contributed by atoms with Crippen molar-refractivity contribution in [1.82, 2.24) is 15.1 Å². The second-order valence-corrected chi connectivity index (χ2v) is 8.49. The van der Waals surface area contributed by atoms with E-state index in [0.29, 0.717) is 0 Å². The average molecular weight is 313 g/mol. The predicted octanol–water partition coefficient (Wildman–Crippen LogP) is 2.12. The van der Waals surface area contributed by atoms with Crippen LogP contribution in [0.1, 0.15) is 33.1 Å². The van der Waals surface area contributed by atoms with Crippen LogP contribution in [0.2, 0.25) is 0 Å². The summed E-state index contributed by atoms with van der Waals surface area (Å²) >= 11 is 1.90. The number of hydrogen-bond acceptors (Lipinski definition) is 3. The molecule has 0 aromatic carbocycles. The van der Waals surface area contributed by atoms with Crippen LogP contribution in [0.5, 0.6) is 0 Å². The first kappa shape index (κ1) is 16.9. The van der Waals surface area contributed by atoms with Crippen molar-refractivity contribution in [3.63, 3.8) is 0 Å². The van der Waals surface area contributed by atoms with E-state index in [1.54, 1.807) is 0 Å². The van der Waals surface area contributed by atoms with Gasteiger partial charge in [-0.25, -0.2) is 0 Å². The number of guanidine groups is 1. The lowest BCUT2D eigenvalue weighted by atomic mass is 10.1. The van der Waals surface area contributed by atoms with Crippen molar-refractivity contribution >= 4 is 17.7 Å². The highest BCUT2D eigenvalue weighted by molar-refractivity contribution is 7.99. The monoisotopic (exact) mass is 312 g/mol. The van der Waals surface area contributed by atoms with Crippen LogP contribution in [0, 0.1) is 5.92 Å². The van der Waals surface area contributed by atoms with Crippen LogP contribution >= 0.6 is 11.8 Å². The van der Waals surface area contributed by atoms with E-state index in [9.17, 15) is 0 Å². The summed E-state index contributed by atoms with van der Waals surface area (Å²) in [5.41, 5.74) is 0. The van der Waals surface area contributed by atoms with Crippen molar-refractivity contribution < 1.29 is 0 Å². The zero-order valence-electron chi connectivity index (χ0n) is 14.2. The van der Waals surface area contributed by atoms with Crippen molar-refractivity contribution in [2.75, 3.05) is 52.6 Å². The minimum atomic E-state index is 0.255. The van der Waals surface area contributed by atoms with Gasteiger partial charge in [-0.1, -0.05) is 0 Å². The summed E-state index contributed by atoms with van der Waals surface area (Å²) in [4.78, 5) is 9.56. The van der Waals surface area contributed by atoms with Gasteiger partial charge in [-0.05, 0) is 58.4 Å². The molecule has 1 N–H and O–H groups in total. The van der Waals surface area contributed by atoms with E-state index in [-0.39, 0.29) is 4.75 Å². The second-order valence-electron chi connectivity index (χ2n) is 6.97. The number of aliphatic imine (C=N–C) groups is 1. The first-order valence-corrected chi connectivity index (χ1v) is 9.49. The summed E-state index contributed by atoms with van der Waals surface area (Å²) in [7, 11) is 1.90. The fourth-order valence-electron chi connectivity index (χ4n) is 3.20. The van der Waals surface area contributed by atoms with E-state index in [4.69, 9.17) is 0 Å². The number of hydrogen-bond donors (Lipinski definition) is 1. The molecule has 2 fully saturated rings. The van der Waals surface area contributed by atoms with Crippen LogP contribution < -0.4 is 5.32 Å². The van der Waals surface area contributed by atoms with Crippen molar-refractivity contribution in [3.8, 4) is 0 Å². The lowest BCUT2D eigenvalue weighted by Gasteiger charge is -2.27. The van der Waals surface area contributed by atoms with E-state index in [0.717, 1.165) is 31.5 Å². The lowest BCUT2D eigenvalue weighted by Crippen LogP contribution is -2.45. The summed E-state index contributed by atoms with van der Waals surface area (Å²) in [6.07, 6.45) is 6.27. The first-order valence-electron chi connectivity index (χ1n) is 8.27. The summed E-state index contributed by atoms with van der Waals surface area (Å²) in [5.74, 6) is 1.90. The molecule has 1 atom stereocenters. The molecule has 4 nitrogen and oxygen atoms in total. The zero-order chi connectivity index (χ0) is 15.3. The maximum Gasteiger partial charge on any atom is 0.193 e. The topological polar surface area (TPSA) is 30.9 Å². The standard InChI is InChI=1S/C16H32N4S/c1-16(2,21-4)13-18-15(17-3)20-10-7-14(12-20)11-19-8-5-6-9-19/h14H,5-13H2,1-4H3,(H,17,18). The van der Waals surface area contributed by atoms with E-state index < -0.39 is 0 Å². The van der Waals surface area contributed by atoms with E-state index >= 15 is 0 Å². The molecule has 0 aromatic rings. The van der Waals surface area contributed by atoms with Crippen LogP contribution in [0.25, 0.3) is 0 Å². The average Bonchev–Trinajstić information content (AvgIpc) is 3.12. The van der Waals surface area contributed by atoms with Gasteiger partial charge >= 0.3 is 0 Å². The third-order valence-corrected chi connectivity index (χ3v) is 5.99. The molecule has 0 spiro atoms. The Labute approximate surface area is 134 Å². The Balaban J connectivity index is 1.78. The fraction of sp³-hybridized carbons (Fsp3) is 0.938. The number of rotatable bonds is 5. The number of thioether (sulfide) groups is 1. The molecule has 0 aromatic heterocycles. The van der Waals surface area contributed by atoms with Crippen LogP contribution in [0.3, 0.4) is 0 Å². The van der Waals surface area contributed by atoms with Gasteiger partial charge in [0.2, 0.25) is 0 Å². The van der Waals surface area contributed by atoms with E-state index in [1.807, 2.05) is 18.8 Å². The minimum Gasteiger partial charge on any atom is -0.355 e. The van der Waals surface area contributed by atoms with Crippen LogP contribution in [0.4, 0.5) is 0 Å². The zero-order valence-corrected chi connectivity index (χ0v) is 15.0. The Bertz CT molecular complexity index is 350. The second kappa shape index (κ2) is 7.73. The molecule has 0 aliphatic carbocycles. The Kier molecular flexibility index (Phi) is 6.23. The molecule has 5 heteroatoms. The highest BCUT2D eigenvalue weighted by atomic mass is 32.2. The van der Waals surface area contributed by atoms with Gasteiger partial charge < -0.3 is 15.1 Å². The molecular formula is C16H32N4S. The Hall–Kier alpha value is -0.420. The molecule has 0 saturated carbocycles. The van der Waals surface area contributed by atoms with Crippen molar-refractivity contribution in [2.24, 2.45) is 10.9 Å². The summed E-state index contributed by atoms with van der Waals surface area (Å²) < 4.78 is 0.255. The smallest absolute Gasteiger partial charge is 0.193 e. The predicted molar refractivity (Wildman–Crippen MR) is 94.3 cm³/mol. The number of nitrogens with one attached hydrogen (secondary N) is 1. The molecule has 1 unspecified atom stereocenters. The van der Waals surface area contributed by atoms with Crippen molar-refractivity contribution in [3.05, 3.63) is 0 Å². The highest BCUT2D eigenvalue weighted by Gasteiger charge is 2.28. The van der Waals surface area contributed by atoms with Crippen LogP contribution in [-0.4, -0.2) is 73.1 Å². The van der Waals surface area contributed by atoms with Gasteiger partial charge in [0, 0.05) is 38.0 Å². The Morgan fingerprint density at radius 2 is 2.00 bits per heavy atom. The van der Waals surface area contributed by atoms with Gasteiger partial charge in [0.05, 0.1) is 0 Å². The molecule has 2 heterocycles. The third-order valence-electron chi connectivity index (χ3n) is 4.74. The van der Waals surface area contributed by atoms with Crippen molar-refractivity contribution in [2.45, 2.75) is 37.9 Å². The van der Waals surface area contributed by atoms with Gasteiger partial charge in [-0.3, -0.25) is 4.99 Å². The van der Waals surface area contributed by atoms with Gasteiger partial charge in [0.15, 0.2) is 5.96 Å². The van der Waals surface area contributed by atoms with Gasteiger partial charge in [0.25, 0.3) is 0 Å². The van der Waals surface area contributed by atoms with E-state index in [1.165, 1.54) is 38.9 Å². The number of likely N-dealkylation sites (tertiary alicyclic amines) is 2. The molecule has 2 rings (SSSR count). The Morgan fingerprint density at radius 3 is 2.62 bits per heavy atom. The molecule has 0 amide bonds. The molecule has 0 bridgehead atoms. The SMILES string of the molecule is CN=C(NCC(C)(C)SC)N1CCC(CN2CCCC2)C1. The van der Waals surface area contributed by atoms with Gasteiger partial charge in [0.1, 0.15) is 0 Å². The largest absolute Gasteiger partial charge is 0.355 e. The maximum atomic E-state index is 4.48. The molecule has 0 radical (unpaired) electrons. The molecule has 122 valence electrons. The normalized spacial score (nSPS) is 24.9. The third kappa shape index (κ3) is 5.06. The fourth-order valence-corrected chi connectivity index (χ4v) is 3.42. The molecule has 21 heavy (non-hydrogen) atoms. The minimum absolute atomic E-state index is 0.255. The van der Waals surface area contributed by atoms with Crippen molar-refractivity contribution in [1.29, 1.82) is 0 Å². The molecule has 2 saturated heterocycles. The van der Waals surface area contributed by atoms with E-state index in [2.05, 4.69) is 40.2 Å². The number of nitrogens with zero attached hydrogens (tertiary/aromatic N) is 3. The lowest BCUT2D eigenvalue weighted by molar-refractivity contribution is 0.281. The van der Waals surface area contributed by atoms with Crippen LogP contribution in [-0.2, 0) is 0 Å². The van der Waals surface area contributed by atoms with Gasteiger partial charge in [-0.15, -0.1) is 0 Å². The highest BCUT2D eigenvalue weighted by Crippen LogP contribution is 2.22. The molecule has 2 aliphatic rings. The van der Waals surface area contributed by atoms with Gasteiger partial charge in [-0.2, -0.15) is 11.8 Å². The first-order chi connectivity index (χ1) is 10.0. The maximum absolute atomic E-state index is 4.48.